The van der Waals surface area contributed by atoms with E-state index in [1.807, 2.05) is 0 Å². The first-order valence-corrected chi connectivity index (χ1v) is 4.44. The van der Waals surface area contributed by atoms with Gasteiger partial charge in [0.05, 0.1) is 6.04 Å². The third-order valence-corrected chi connectivity index (χ3v) is 2.42. The van der Waals surface area contributed by atoms with Gasteiger partial charge in [-0.1, -0.05) is 0 Å². The van der Waals surface area contributed by atoms with Crippen LogP contribution < -0.4 is 5.73 Å². The first-order valence-electron chi connectivity index (χ1n) is 4.44. The zero-order valence-corrected chi connectivity index (χ0v) is 7.40. The van der Waals surface area contributed by atoms with Crippen molar-refractivity contribution >= 4 is 0 Å². The number of nitrogens with two attached hydrogens (primary N) is 1. The predicted octanol–water partition coefficient (Wildman–Crippen LogP) is 2.63. The van der Waals surface area contributed by atoms with Crippen LogP contribution in [0.2, 0.25) is 0 Å². The molecule has 0 aromatic carbocycles. The Balaban J connectivity index is 2.40. The van der Waals surface area contributed by atoms with Crippen molar-refractivity contribution in [2.75, 3.05) is 0 Å². The molecule has 2 nitrogen and oxygen atoms in total. The van der Waals surface area contributed by atoms with Crippen LogP contribution in [0.3, 0.4) is 0 Å². The number of hydrogen-bond donors (Lipinski definition) is 1. The Bertz CT molecular complexity index is 342. The Labute approximate surface area is 78.9 Å². The smallest absolute Gasteiger partial charge is 0.449 e. The molecular weight excluding hydrogens is 195 g/mol. The maximum absolute atomic E-state index is 12.3. The van der Waals surface area contributed by atoms with Crippen LogP contribution in [0.25, 0.3) is 0 Å². The molecule has 0 saturated heterocycles. The highest BCUT2D eigenvalue weighted by Crippen LogP contribution is 2.37. The molecule has 14 heavy (non-hydrogen) atoms. The number of alkyl halides is 3. The van der Waals surface area contributed by atoms with E-state index in [9.17, 15) is 13.2 Å². The predicted molar refractivity (Wildman–Crippen MR) is 43.6 cm³/mol. The van der Waals surface area contributed by atoms with Gasteiger partial charge in [0, 0.05) is 0 Å². The minimum atomic E-state index is -4.41. The highest BCUT2D eigenvalue weighted by molar-refractivity contribution is 5.27. The highest BCUT2D eigenvalue weighted by Gasteiger charge is 2.37. The van der Waals surface area contributed by atoms with E-state index in [0.717, 1.165) is 12.5 Å². The van der Waals surface area contributed by atoms with Crippen LogP contribution in [0.15, 0.2) is 10.5 Å². The molecular formula is C9H10F3NO. The Morgan fingerprint density at radius 3 is 2.71 bits per heavy atom. The summed E-state index contributed by atoms with van der Waals surface area (Å²) in [6.45, 7) is 0. The molecule has 0 amide bonds. The summed E-state index contributed by atoms with van der Waals surface area (Å²) in [5, 5.41) is 0. The van der Waals surface area contributed by atoms with E-state index >= 15 is 0 Å². The molecule has 0 fully saturated rings. The summed E-state index contributed by atoms with van der Waals surface area (Å²) in [7, 11) is 0. The number of aryl methyl sites for hydroxylation is 1. The molecule has 2 N–H and O–H groups in total. The summed E-state index contributed by atoms with van der Waals surface area (Å²) in [5.41, 5.74) is 6.25. The van der Waals surface area contributed by atoms with Gasteiger partial charge >= 0.3 is 6.18 Å². The second kappa shape index (κ2) is 3.02. The number of furan rings is 1. The summed E-state index contributed by atoms with van der Waals surface area (Å²) < 4.78 is 41.5. The van der Waals surface area contributed by atoms with Gasteiger partial charge < -0.3 is 10.2 Å². The first-order chi connectivity index (χ1) is 6.48. The van der Waals surface area contributed by atoms with E-state index in [0.29, 0.717) is 24.2 Å². The van der Waals surface area contributed by atoms with E-state index in [1.54, 1.807) is 0 Å². The third-order valence-electron chi connectivity index (χ3n) is 2.42. The molecule has 0 saturated carbocycles. The Morgan fingerprint density at radius 1 is 1.43 bits per heavy atom. The van der Waals surface area contributed by atoms with E-state index in [4.69, 9.17) is 10.2 Å². The highest BCUT2D eigenvalue weighted by atomic mass is 19.4. The van der Waals surface area contributed by atoms with Gasteiger partial charge in [-0.3, -0.25) is 0 Å². The molecule has 0 spiro atoms. The maximum Gasteiger partial charge on any atom is 0.449 e. The molecule has 5 heteroatoms. The van der Waals surface area contributed by atoms with Gasteiger partial charge in [-0.2, -0.15) is 13.2 Å². The molecule has 1 aromatic heterocycles. The van der Waals surface area contributed by atoms with Crippen molar-refractivity contribution in [2.45, 2.75) is 31.5 Å². The van der Waals surface area contributed by atoms with Crippen LogP contribution in [0, 0.1) is 0 Å². The van der Waals surface area contributed by atoms with Gasteiger partial charge in [-0.25, -0.2) is 0 Å². The fourth-order valence-corrected chi connectivity index (χ4v) is 1.74. The Kier molecular flexibility index (Phi) is 2.06. The fraction of sp³-hybridized carbons (Fsp3) is 0.556. The van der Waals surface area contributed by atoms with Crippen molar-refractivity contribution in [1.29, 1.82) is 0 Å². The zero-order valence-electron chi connectivity index (χ0n) is 7.40. The minimum absolute atomic E-state index is 0.309. The lowest BCUT2D eigenvalue weighted by Crippen LogP contribution is -2.15. The summed E-state index contributed by atoms with van der Waals surface area (Å²) in [5.74, 6) is -0.622. The Hall–Kier alpha value is -0.970. The second-order valence-corrected chi connectivity index (χ2v) is 3.50. The molecule has 78 valence electrons. The summed E-state index contributed by atoms with van der Waals surface area (Å²) in [6.07, 6.45) is -2.26. The molecule has 0 aliphatic heterocycles. The molecule has 1 atom stereocenters. The van der Waals surface area contributed by atoms with E-state index in [2.05, 4.69) is 0 Å². The molecule has 1 aliphatic carbocycles. The van der Waals surface area contributed by atoms with Gasteiger partial charge in [0.25, 0.3) is 0 Å². The van der Waals surface area contributed by atoms with Crippen LogP contribution in [-0.4, -0.2) is 0 Å². The number of hydrogen-bond acceptors (Lipinski definition) is 2. The largest absolute Gasteiger partial charge is 0.455 e. The summed E-state index contributed by atoms with van der Waals surface area (Å²) >= 11 is 0. The van der Waals surface area contributed by atoms with Crippen molar-refractivity contribution < 1.29 is 17.6 Å². The molecule has 1 aliphatic rings. The number of fused-ring (bicyclic) bond motifs is 1. The quantitative estimate of drug-likeness (QED) is 0.707. The molecule has 2 rings (SSSR count). The monoisotopic (exact) mass is 205 g/mol. The van der Waals surface area contributed by atoms with Crippen molar-refractivity contribution in [3.05, 3.63) is 23.2 Å². The Morgan fingerprint density at radius 2 is 2.14 bits per heavy atom. The standard InChI is InChI=1S/C9H10F3NO/c10-9(11,12)7-4-5-2-1-3-6(13)8(5)14-7/h4,6H,1-3,13H2. The zero-order chi connectivity index (χ0) is 10.3. The average Bonchev–Trinajstić information content (AvgIpc) is 2.48. The van der Waals surface area contributed by atoms with Crippen molar-refractivity contribution in [2.24, 2.45) is 5.73 Å². The van der Waals surface area contributed by atoms with E-state index < -0.39 is 11.9 Å². The van der Waals surface area contributed by atoms with Crippen LogP contribution in [-0.2, 0) is 12.6 Å². The SMILES string of the molecule is NC1CCCc2cc(C(F)(F)F)oc21. The van der Waals surface area contributed by atoms with Gasteiger partial charge in [-0.05, 0) is 30.9 Å². The van der Waals surface area contributed by atoms with E-state index in [-0.39, 0.29) is 6.04 Å². The maximum atomic E-state index is 12.3. The van der Waals surface area contributed by atoms with Crippen molar-refractivity contribution in [3.8, 4) is 0 Å². The van der Waals surface area contributed by atoms with Crippen LogP contribution >= 0.6 is 0 Å². The molecule has 1 heterocycles. The van der Waals surface area contributed by atoms with Crippen LogP contribution in [0.1, 0.15) is 36.0 Å². The third kappa shape index (κ3) is 1.52. The van der Waals surface area contributed by atoms with Gasteiger partial charge in [0.2, 0.25) is 5.76 Å². The average molecular weight is 205 g/mol. The van der Waals surface area contributed by atoms with Crippen molar-refractivity contribution in [1.82, 2.24) is 0 Å². The van der Waals surface area contributed by atoms with E-state index in [1.165, 1.54) is 0 Å². The van der Waals surface area contributed by atoms with Crippen molar-refractivity contribution in [3.63, 3.8) is 0 Å². The number of rotatable bonds is 0. The lowest BCUT2D eigenvalue weighted by molar-refractivity contribution is -0.153. The van der Waals surface area contributed by atoms with Crippen LogP contribution in [0.4, 0.5) is 13.2 Å². The van der Waals surface area contributed by atoms with Gasteiger partial charge in [0.1, 0.15) is 5.76 Å². The van der Waals surface area contributed by atoms with Gasteiger partial charge in [-0.15, -0.1) is 0 Å². The lowest BCUT2D eigenvalue weighted by Gasteiger charge is -2.15. The normalized spacial score (nSPS) is 22.1. The first kappa shape index (κ1) is 9.58. The lowest BCUT2D eigenvalue weighted by atomic mass is 9.95. The fourth-order valence-electron chi connectivity index (χ4n) is 1.74. The molecule has 1 aromatic rings. The molecule has 0 radical (unpaired) electrons. The second-order valence-electron chi connectivity index (χ2n) is 3.50. The number of halogens is 3. The topological polar surface area (TPSA) is 39.2 Å². The van der Waals surface area contributed by atoms with Gasteiger partial charge in [0.15, 0.2) is 0 Å². The minimum Gasteiger partial charge on any atom is -0.455 e. The molecule has 0 bridgehead atoms. The van der Waals surface area contributed by atoms with Crippen LogP contribution in [0.5, 0.6) is 0 Å². The summed E-state index contributed by atoms with van der Waals surface area (Å²) in [6, 6.07) is 0.684. The summed E-state index contributed by atoms with van der Waals surface area (Å²) in [4.78, 5) is 0. The molecule has 1 unspecified atom stereocenters.